The number of benzene rings is 2. The molecule has 0 saturated heterocycles. The molecule has 5 heteroatoms. The minimum atomic E-state index is -2.31. The van der Waals surface area contributed by atoms with Gasteiger partial charge in [-0.1, -0.05) is 36.4 Å². The van der Waals surface area contributed by atoms with Crippen LogP contribution < -0.4 is 51.4 Å². The Hall–Kier alpha value is -0.0136. The summed E-state index contributed by atoms with van der Waals surface area (Å²) >= 11 is -2.31. The smallest absolute Gasteiger partial charge is 0.768 e. The van der Waals surface area contributed by atoms with E-state index < -0.39 is 11.1 Å². The van der Waals surface area contributed by atoms with E-state index in [9.17, 15) is 13.9 Å². The third-order valence-corrected chi connectivity index (χ3v) is 2.98. The molecule has 0 aliphatic rings. The van der Waals surface area contributed by atoms with Crippen LogP contribution in [-0.2, 0) is 11.1 Å². The van der Waals surface area contributed by atoms with E-state index in [1.165, 1.54) is 12.1 Å². The molecule has 2 aromatic carbocycles. The van der Waals surface area contributed by atoms with Crippen molar-refractivity contribution < 1.29 is 65.3 Å². The van der Waals surface area contributed by atoms with Crippen molar-refractivity contribution in [3.63, 3.8) is 0 Å². The molecule has 0 fully saturated rings. The minimum Gasteiger partial charge on any atom is -0.768 e. The van der Waals surface area contributed by atoms with E-state index in [1.807, 2.05) is 0 Å². The Balaban J connectivity index is 0.00000144. The molecule has 0 saturated carbocycles. The summed E-state index contributed by atoms with van der Waals surface area (Å²) in [6.45, 7) is 0. The minimum absolute atomic E-state index is 0. The Morgan fingerprint density at radius 1 is 0.941 bits per heavy atom. The summed E-state index contributed by atoms with van der Waals surface area (Å²) in [5, 5.41) is 9.67. The predicted octanol–water partition coefficient (Wildman–Crippen LogP) is -0.699. The Bertz CT molecular complexity index is 543. The molecule has 0 bridgehead atoms. The number of phenolic OH excluding ortho intramolecular Hbond substituents is 1. The summed E-state index contributed by atoms with van der Waals surface area (Å²) in [6, 6.07) is 13.2. The van der Waals surface area contributed by atoms with Gasteiger partial charge in [0.05, 0.1) is 0 Å². The van der Waals surface area contributed by atoms with Gasteiger partial charge in [0.1, 0.15) is 5.75 Å². The van der Waals surface area contributed by atoms with Crippen molar-refractivity contribution in [2.24, 2.45) is 0 Å². The monoisotopic (exact) mass is 272 g/mol. The van der Waals surface area contributed by atoms with E-state index in [2.05, 4.69) is 0 Å². The Morgan fingerprint density at radius 2 is 1.47 bits per heavy atom. The maximum Gasteiger partial charge on any atom is 1.00 e. The van der Waals surface area contributed by atoms with Crippen LogP contribution in [0.4, 0.5) is 0 Å². The molecular weight excluding hydrogens is 263 g/mol. The van der Waals surface area contributed by atoms with Gasteiger partial charge in [0.25, 0.3) is 0 Å². The second kappa shape index (κ2) is 6.80. The fraction of sp³-hybridized carbons (Fsp3) is 0. The van der Waals surface area contributed by atoms with Crippen LogP contribution in [0.15, 0.2) is 53.4 Å². The molecule has 2 aromatic rings. The van der Waals surface area contributed by atoms with Gasteiger partial charge in [0, 0.05) is 16.0 Å². The Morgan fingerprint density at radius 3 is 2.06 bits per heavy atom. The molecule has 0 spiro atoms. The van der Waals surface area contributed by atoms with Gasteiger partial charge in [-0.15, -0.1) is 0 Å². The zero-order valence-electron chi connectivity index (χ0n) is 9.29. The molecule has 1 N–H and O–H groups in total. The third-order valence-electron chi connectivity index (χ3n) is 2.26. The van der Waals surface area contributed by atoms with Crippen molar-refractivity contribution in [3.8, 4) is 16.9 Å². The molecule has 0 radical (unpaired) electrons. The number of aromatic hydroxyl groups is 1. The van der Waals surface area contributed by atoms with Gasteiger partial charge in [0.2, 0.25) is 0 Å². The molecule has 2 rings (SSSR count). The number of para-hydroxylation sites is 1. The second-order valence-corrected chi connectivity index (χ2v) is 4.16. The second-order valence-electron chi connectivity index (χ2n) is 3.25. The molecule has 0 aliphatic heterocycles. The summed E-state index contributed by atoms with van der Waals surface area (Å²) in [7, 11) is 0. The summed E-state index contributed by atoms with van der Waals surface area (Å²) in [5.74, 6) is 0.0698. The maximum absolute atomic E-state index is 11.0. The SMILES string of the molecule is O=S([O-])c1ccccc1-c1ccccc1O.[K+]. The summed E-state index contributed by atoms with van der Waals surface area (Å²) in [5.41, 5.74) is 1.02. The number of hydrogen-bond acceptors (Lipinski definition) is 3. The third kappa shape index (κ3) is 3.48. The average molecular weight is 272 g/mol. The molecule has 0 heterocycles. The predicted molar refractivity (Wildman–Crippen MR) is 60.7 cm³/mol. The first-order valence-electron chi connectivity index (χ1n) is 4.67. The van der Waals surface area contributed by atoms with Crippen molar-refractivity contribution >= 4 is 11.1 Å². The average Bonchev–Trinajstić information content (AvgIpc) is 2.29. The van der Waals surface area contributed by atoms with Crippen LogP contribution in [0.3, 0.4) is 0 Å². The molecular formula is C12H9KO3S. The van der Waals surface area contributed by atoms with Crippen LogP contribution in [0.25, 0.3) is 11.1 Å². The van der Waals surface area contributed by atoms with Crippen LogP contribution in [0.1, 0.15) is 0 Å². The van der Waals surface area contributed by atoms with Crippen LogP contribution in [-0.4, -0.2) is 13.9 Å². The van der Waals surface area contributed by atoms with E-state index in [0.717, 1.165) is 0 Å². The zero-order valence-corrected chi connectivity index (χ0v) is 13.2. The van der Waals surface area contributed by atoms with Gasteiger partial charge in [-0.25, -0.2) is 0 Å². The van der Waals surface area contributed by atoms with Crippen LogP contribution in [0, 0.1) is 0 Å². The van der Waals surface area contributed by atoms with E-state index in [1.54, 1.807) is 36.4 Å². The van der Waals surface area contributed by atoms with Crippen LogP contribution >= 0.6 is 0 Å². The maximum atomic E-state index is 11.0. The standard InChI is InChI=1S/C12H10O3S.K/c13-11-7-3-1-5-9(11)10-6-2-4-8-12(10)16(14)15;/h1-8,13H,(H,14,15);/q;+1/p-1. The molecule has 0 amide bonds. The quantitative estimate of drug-likeness (QED) is 0.581. The van der Waals surface area contributed by atoms with Gasteiger partial charge >= 0.3 is 51.4 Å². The van der Waals surface area contributed by atoms with Crippen LogP contribution in [0.2, 0.25) is 0 Å². The number of rotatable bonds is 2. The van der Waals surface area contributed by atoms with Crippen molar-refractivity contribution in [2.45, 2.75) is 4.90 Å². The van der Waals surface area contributed by atoms with Gasteiger partial charge in [0.15, 0.2) is 0 Å². The van der Waals surface area contributed by atoms with Crippen molar-refractivity contribution in [1.29, 1.82) is 0 Å². The van der Waals surface area contributed by atoms with E-state index >= 15 is 0 Å². The largest absolute Gasteiger partial charge is 1.00 e. The first kappa shape index (κ1) is 15.0. The van der Waals surface area contributed by atoms with Gasteiger partial charge in [-0.2, -0.15) is 0 Å². The van der Waals surface area contributed by atoms with E-state index in [-0.39, 0.29) is 62.0 Å². The molecule has 82 valence electrons. The van der Waals surface area contributed by atoms with Crippen LogP contribution in [0.5, 0.6) is 5.75 Å². The summed E-state index contributed by atoms with van der Waals surface area (Å²) in [4.78, 5) is 0.184. The first-order chi connectivity index (χ1) is 7.70. The van der Waals surface area contributed by atoms with E-state index in [0.29, 0.717) is 11.1 Å². The fourth-order valence-corrected chi connectivity index (χ4v) is 2.08. The molecule has 0 aliphatic carbocycles. The summed E-state index contributed by atoms with van der Waals surface area (Å²) < 4.78 is 22.0. The summed E-state index contributed by atoms with van der Waals surface area (Å²) in [6.07, 6.45) is 0. The van der Waals surface area contributed by atoms with Crippen molar-refractivity contribution in [2.75, 3.05) is 0 Å². The van der Waals surface area contributed by atoms with Gasteiger partial charge < -0.3 is 9.66 Å². The fourth-order valence-electron chi connectivity index (χ4n) is 1.54. The topological polar surface area (TPSA) is 60.4 Å². The molecule has 1 atom stereocenters. The molecule has 17 heavy (non-hydrogen) atoms. The Labute approximate surface area is 145 Å². The first-order valence-corrected chi connectivity index (χ1v) is 5.74. The molecule has 1 unspecified atom stereocenters. The zero-order chi connectivity index (χ0) is 11.5. The van der Waals surface area contributed by atoms with Gasteiger partial charge in [-0.05, 0) is 23.2 Å². The number of phenols is 1. The molecule has 0 aromatic heterocycles. The normalized spacial score (nSPS) is 11.6. The van der Waals surface area contributed by atoms with Gasteiger partial charge in [-0.3, -0.25) is 4.21 Å². The molecule has 3 nitrogen and oxygen atoms in total. The number of hydrogen-bond donors (Lipinski definition) is 1. The van der Waals surface area contributed by atoms with Crippen molar-refractivity contribution in [1.82, 2.24) is 0 Å². The van der Waals surface area contributed by atoms with E-state index in [4.69, 9.17) is 0 Å². The van der Waals surface area contributed by atoms with Crippen molar-refractivity contribution in [3.05, 3.63) is 48.5 Å². The Kier molecular flexibility index (Phi) is 6.01.